The van der Waals surface area contributed by atoms with E-state index in [4.69, 9.17) is 0 Å². The molecule has 0 spiro atoms. The first kappa shape index (κ1) is 13.0. The van der Waals surface area contributed by atoms with E-state index in [1.165, 1.54) is 0 Å². The number of nitrogens with zero attached hydrogens (tertiary/aromatic N) is 1. The van der Waals surface area contributed by atoms with Gasteiger partial charge in [0.25, 0.3) is 10.2 Å². The monoisotopic (exact) mass is 252 g/mol. The van der Waals surface area contributed by atoms with E-state index in [2.05, 4.69) is 5.14 Å². The number of hydrogen-bond acceptors (Lipinski definition) is 6. The molecule has 1 aliphatic rings. The standard InChI is InChI=1S/C6H12N4O5S/c1-6(13,9-16(7,14)15)8-10-4(11)2-3-5(10)12/h8-9,13H,2-3H2,1H3,(H2,7,14,15). The van der Waals surface area contributed by atoms with Crippen LogP contribution in [-0.4, -0.2) is 36.2 Å². The molecule has 1 unspecified atom stereocenters. The largest absolute Gasteiger partial charge is 0.361 e. The summed E-state index contributed by atoms with van der Waals surface area (Å²) in [5.74, 6) is -3.33. The van der Waals surface area contributed by atoms with Crippen LogP contribution in [0.2, 0.25) is 0 Å². The zero-order valence-corrected chi connectivity index (χ0v) is 9.24. The highest BCUT2D eigenvalue weighted by Gasteiger charge is 2.36. The fourth-order valence-electron chi connectivity index (χ4n) is 1.22. The number of hydrogen-bond donors (Lipinski definition) is 4. The summed E-state index contributed by atoms with van der Waals surface area (Å²) in [7, 11) is -4.17. The molecule has 0 aliphatic carbocycles. The molecule has 1 atom stereocenters. The second-order valence-corrected chi connectivity index (χ2v) is 4.75. The first-order valence-electron chi connectivity index (χ1n) is 4.28. The van der Waals surface area contributed by atoms with Crippen LogP contribution in [0.1, 0.15) is 19.8 Å². The van der Waals surface area contributed by atoms with Crippen LogP contribution in [0, 0.1) is 0 Å². The number of rotatable bonds is 4. The summed E-state index contributed by atoms with van der Waals surface area (Å²) in [4.78, 5) is 22.3. The highest BCUT2D eigenvalue weighted by atomic mass is 32.2. The Morgan fingerprint density at radius 2 is 1.81 bits per heavy atom. The Balaban J connectivity index is 2.72. The zero-order chi connectivity index (χ0) is 12.6. The Morgan fingerprint density at radius 1 is 1.38 bits per heavy atom. The molecule has 0 bridgehead atoms. The summed E-state index contributed by atoms with van der Waals surface area (Å²) in [6.07, 6.45) is 0.0224. The number of carbonyl (C=O) groups is 2. The first-order chi connectivity index (χ1) is 7.11. The van der Waals surface area contributed by atoms with Crippen molar-refractivity contribution < 1.29 is 23.1 Å². The van der Waals surface area contributed by atoms with Crippen LogP contribution in [-0.2, 0) is 19.8 Å². The van der Waals surface area contributed by atoms with Gasteiger partial charge in [-0.3, -0.25) is 9.59 Å². The number of carbonyl (C=O) groups excluding carboxylic acids is 2. The van der Waals surface area contributed by atoms with Gasteiger partial charge < -0.3 is 5.11 Å². The Morgan fingerprint density at radius 3 is 2.19 bits per heavy atom. The van der Waals surface area contributed by atoms with Crippen molar-refractivity contribution in [2.45, 2.75) is 25.6 Å². The van der Waals surface area contributed by atoms with Gasteiger partial charge in [-0.15, -0.1) is 0 Å². The van der Waals surface area contributed by atoms with Crippen molar-refractivity contribution in [2.75, 3.05) is 0 Å². The van der Waals surface area contributed by atoms with Gasteiger partial charge in [-0.25, -0.2) is 10.1 Å². The average Bonchev–Trinajstić information content (AvgIpc) is 2.30. The van der Waals surface area contributed by atoms with Crippen molar-refractivity contribution in [2.24, 2.45) is 5.14 Å². The van der Waals surface area contributed by atoms with Gasteiger partial charge in [0.15, 0.2) is 5.85 Å². The van der Waals surface area contributed by atoms with E-state index in [0.29, 0.717) is 5.01 Å². The van der Waals surface area contributed by atoms with Crippen molar-refractivity contribution in [3.8, 4) is 0 Å². The Kier molecular flexibility index (Phi) is 3.30. The molecular formula is C6H12N4O5S. The molecule has 9 nitrogen and oxygen atoms in total. The maximum absolute atomic E-state index is 11.2. The van der Waals surface area contributed by atoms with Crippen LogP contribution >= 0.6 is 0 Å². The van der Waals surface area contributed by atoms with Crippen LogP contribution < -0.4 is 15.3 Å². The van der Waals surface area contributed by atoms with E-state index in [9.17, 15) is 23.1 Å². The molecule has 92 valence electrons. The van der Waals surface area contributed by atoms with Crippen molar-refractivity contribution >= 4 is 22.0 Å². The lowest BCUT2D eigenvalue weighted by atomic mass is 10.4. The van der Waals surface area contributed by atoms with E-state index in [1.54, 1.807) is 4.72 Å². The van der Waals surface area contributed by atoms with Crippen LogP contribution in [0.3, 0.4) is 0 Å². The predicted octanol–water partition coefficient (Wildman–Crippen LogP) is -2.90. The molecule has 0 saturated carbocycles. The molecule has 5 N–H and O–H groups in total. The van der Waals surface area contributed by atoms with Gasteiger partial charge >= 0.3 is 0 Å². The van der Waals surface area contributed by atoms with Crippen molar-refractivity contribution in [3.05, 3.63) is 0 Å². The minimum Gasteiger partial charge on any atom is -0.361 e. The summed E-state index contributed by atoms with van der Waals surface area (Å²) in [6.45, 7) is 0.996. The molecule has 10 heteroatoms. The highest BCUT2D eigenvalue weighted by Crippen LogP contribution is 2.10. The van der Waals surface area contributed by atoms with E-state index in [1.807, 2.05) is 5.43 Å². The van der Waals surface area contributed by atoms with E-state index < -0.39 is 27.9 Å². The van der Waals surface area contributed by atoms with Gasteiger partial charge in [-0.2, -0.15) is 18.6 Å². The van der Waals surface area contributed by atoms with E-state index in [-0.39, 0.29) is 12.8 Å². The molecule has 1 rings (SSSR count). The van der Waals surface area contributed by atoms with Gasteiger partial charge in [0.1, 0.15) is 0 Å². The molecule has 1 fully saturated rings. The van der Waals surface area contributed by atoms with Gasteiger partial charge in [0.2, 0.25) is 11.8 Å². The smallest absolute Gasteiger partial charge is 0.277 e. The van der Waals surface area contributed by atoms with Gasteiger partial charge in [-0.1, -0.05) is 0 Å². The maximum Gasteiger partial charge on any atom is 0.277 e. The third kappa shape index (κ3) is 3.50. The third-order valence-corrected chi connectivity index (χ3v) is 2.40. The molecular weight excluding hydrogens is 240 g/mol. The molecule has 1 saturated heterocycles. The summed E-state index contributed by atoms with van der Waals surface area (Å²) in [6, 6.07) is 0. The normalized spacial score (nSPS) is 21.3. The van der Waals surface area contributed by atoms with E-state index >= 15 is 0 Å². The molecule has 1 heterocycles. The maximum atomic E-state index is 11.2. The van der Waals surface area contributed by atoms with Crippen molar-refractivity contribution in [1.29, 1.82) is 0 Å². The van der Waals surface area contributed by atoms with E-state index in [0.717, 1.165) is 6.92 Å². The lowest BCUT2D eigenvalue weighted by Crippen LogP contribution is -2.64. The Bertz CT molecular complexity index is 401. The number of amides is 2. The second-order valence-electron chi connectivity index (χ2n) is 3.45. The fourth-order valence-corrected chi connectivity index (χ4v) is 1.82. The number of imide groups is 1. The lowest BCUT2D eigenvalue weighted by Gasteiger charge is -2.28. The molecule has 16 heavy (non-hydrogen) atoms. The number of aliphatic hydroxyl groups is 1. The summed E-state index contributed by atoms with van der Waals surface area (Å²) < 4.78 is 22.9. The summed E-state index contributed by atoms with van der Waals surface area (Å²) in [5.41, 5.74) is 2.03. The van der Waals surface area contributed by atoms with Gasteiger partial charge in [-0.05, 0) is 6.92 Å². The minimum absolute atomic E-state index is 0.0112. The molecule has 2 amide bonds. The van der Waals surface area contributed by atoms with Gasteiger partial charge in [0.05, 0.1) is 0 Å². The molecule has 0 aromatic carbocycles. The van der Waals surface area contributed by atoms with Crippen molar-refractivity contribution in [1.82, 2.24) is 15.2 Å². The highest BCUT2D eigenvalue weighted by molar-refractivity contribution is 7.87. The topological polar surface area (TPSA) is 142 Å². The molecule has 1 aliphatic heterocycles. The third-order valence-electron chi connectivity index (χ3n) is 1.72. The SMILES string of the molecule is CC(O)(NN1C(=O)CCC1=O)NS(N)(=O)=O. The zero-order valence-electron chi connectivity index (χ0n) is 8.43. The Hall–Kier alpha value is -1.07. The molecule has 0 radical (unpaired) electrons. The minimum atomic E-state index is -4.17. The Labute approximate surface area is 91.7 Å². The molecule has 0 aromatic heterocycles. The second kappa shape index (κ2) is 4.07. The number of hydrazine groups is 1. The van der Waals surface area contributed by atoms with Gasteiger partial charge in [0, 0.05) is 12.8 Å². The number of nitrogens with two attached hydrogens (primary N) is 1. The van der Waals surface area contributed by atoms with Crippen LogP contribution in [0.4, 0.5) is 0 Å². The first-order valence-corrected chi connectivity index (χ1v) is 5.83. The fraction of sp³-hybridized carbons (Fsp3) is 0.667. The van der Waals surface area contributed by atoms with Crippen LogP contribution in [0.25, 0.3) is 0 Å². The number of nitrogens with one attached hydrogen (secondary N) is 2. The predicted molar refractivity (Wildman–Crippen MR) is 51.1 cm³/mol. The molecule has 0 aromatic rings. The average molecular weight is 252 g/mol. The lowest BCUT2D eigenvalue weighted by molar-refractivity contribution is -0.152. The summed E-state index contributed by atoms with van der Waals surface area (Å²) in [5, 5.41) is 14.7. The van der Waals surface area contributed by atoms with Crippen LogP contribution in [0.5, 0.6) is 0 Å². The van der Waals surface area contributed by atoms with Crippen LogP contribution in [0.15, 0.2) is 0 Å². The van der Waals surface area contributed by atoms with Crippen molar-refractivity contribution in [3.63, 3.8) is 0 Å². The quantitative estimate of drug-likeness (QED) is 0.312. The summed E-state index contributed by atoms with van der Waals surface area (Å²) >= 11 is 0.